The summed E-state index contributed by atoms with van der Waals surface area (Å²) >= 11 is 5.40. The van der Waals surface area contributed by atoms with Gasteiger partial charge in [-0.15, -0.1) is 0 Å². The molecular formula is C21H26N6O2S. The van der Waals surface area contributed by atoms with E-state index in [1.807, 2.05) is 17.8 Å². The zero-order chi connectivity index (χ0) is 21.7. The first-order valence-electron chi connectivity index (χ1n) is 9.78. The lowest BCUT2D eigenvalue weighted by atomic mass is 10.1. The quantitative estimate of drug-likeness (QED) is 0.439. The molecule has 0 saturated carbocycles. The molecule has 158 valence electrons. The number of hydrogen-bond acceptors (Lipinski definition) is 5. The van der Waals surface area contributed by atoms with E-state index in [1.54, 1.807) is 30.9 Å². The molecule has 30 heavy (non-hydrogen) atoms. The second kappa shape index (κ2) is 9.53. The maximum atomic E-state index is 12.3. The van der Waals surface area contributed by atoms with Gasteiger partial charge in [0.25, 0.3) is 0 Å². The number of aryl methyl sites for hydroxylation is 2. The fourth-order valence-corrected chi connectivity index (χ4v) is 3.00. The molecule has 3 aromatic rings. The Balaban J connectivity index is 1.64. The summed E-state index contributed by atoms with van der Waals surface area (Å²) in [6.07, 6.45) is 5.07. The smallest absolute Gasteiger partial charge is 0.361 e. The van der Waals surface area contributed by atoms with E-state index in [2.05, 4.69) is 52.0 Å². The van der Waals surface area contributed by atoms with Crippen LogP contribution in [0.25, 0.3) is 0 Å². The van der Waals surface area contributed by atoms with E-state index in [1.165, 1.54) is 5.56 Å². The van der Waals surface area contributed by atoms with Crippen LogP contribution in [0.15, 0.2) is 42.9 Å². The number of nitrogens with one attached hydrogen (secondary N) is 2. The minimum Gasteiger partial charge on any atom is -0.458 e. The molecule has 0 radical (unpaired) electrons. The molecule has 8 nitrogen and oxygen atoms in total. The molecule has 2 heterocycles. The van der Waals surface area contributed by atoms with Crippen LogP contribution in [-0.4, -0.2) is 36.7 Å². The summed E-state index contributed by atoms with van der Waals surface area (Å²) in [6, 6.07) is 8.32. The average molecular weight is 427 g/mol. The lowest BCUT2D eigenvalue weighted by Gasteiger charge is -2.10. The monoisotopic (exact) mass is 426 g/mol. The van der Waals surface area contributed by atoms with Crippen molar-refractivity contribution in [2.24, 2.45) is 0 Å². The summed E-state index contributed by atoms with van der Waals surface area (Å²) in [4.78, 5) is 12.3. The minimum absolute atomic E-state index is 0.199. The highest BCUT2D eigenvalue weighted by molar-refractivity contribution is 7.80. The zero-order valence-electron chi connectivity index (χ0n) is 17.5. The van der Waals surface area contributed by atoms with Crippen LogP contribution in [-0.2, 0) is 17.8 Å². The Hall–Kier alpha value is -3.20. The molecule has 0 saturated heterocycles. The zero-order valence-corrected chi connectivity index (χ0v) is 18.4. The lowest BCUT2D eigenvalue weighted by molar-refractivity contribution is 0.0371. The van der Waals surface area contributed by atoms with Gasteiger partial charge >= 0.3 is 5.97 Å². The molecule has 0 amide bonds. The van der Waals surface area contributed by atoms with Gasteiger partial charge in [-0.1, -0.05) is 29.8 Å². The molecule has 0 aliphatic rings. The van der Waals surface area contributed by atoms with Gasteiger partial charge in [-0.3, -0.25) is 9.36 Å². The summed E-state index contributed by atoms with van der Waals surface area (Å²) in [7, 11) is 0. The molecule has 2 N–H and O–H groups in total. The van der Waals surface area contributed by atoms with Crippen molar-refractivity contribution in [2.45, 2.75) is 46.9 Å². The third-order valence-corrected chi connectivity index (χ3v) is 4.43. The Morgan fingerprint density at radius 1 is 1.17 bits per heavy atom. The first kappa shape index (κ1) is 21.5. The predicted molar refractivity (Wildman–Crippen MR) is 121 cm³/mol. The highest BCUT2D eigenvalue weighted by Crippen LogP contribution is 2.17. The first-order valence-corrected chi connectivity index (χ1v) is 10.2. The second-order valence-electron chi connectivity index (χ2n) is 7.19. The molecule has 9 heteroatoms. The Morgan fingerprint density at radius 3 is 2.57 bits per heavy atom. The van der Waals surface area contributed by atoms with Crippen LogP contribution in [0, 0.1) is 6.92 Å². The van der Waals surface area contributed by atoms with Crippen molar-refractivity contribution in [3.05, 3.63) is 59.7 Å². The third kappa shape index (κ3) is 5.66. The van der Waals surface area contributed by atoms with E-state index in [-0.39, 0.29) is 11.8 Å². The number of carbonyl (C=O) groups is 1. The molecule has 0 aliphatic carbocycles. The van der Waals surface area contributed by atoms with Crippen LogP contribution in [0.3, 0.4) is 0 Å². The van der Waals surface area contributed by atoms with Crippen molar-refractivity contribution in [3.8, 4) is 0 Å². The minimum atomic E-state index is -0.492. The third-order valence-electron chi connectivity index (χ3n) is 4.23. The second-order valence-corrected chi connectivity index (χ2v) is 7.60. The molecule has 0 atom stereocenters. The molecule has 0 spiro atoms. The van der Waals surface area contributed by atoms with Crippen molar-refractivity contribution in [3.63, 3.8) is 0 Å². The maximum Gasteiger partial charge on any atom is 0.361 e. The Labute approximate surface area is 181 Å². The van der Waals surface area contributed by atoms with Gasteiger partial charge in [-0.2, -0.15) is 10.2 Å². The van der Waals surface area contributed by atoms with Crippen LogP contribution >= 0.6 is 12.2 Å². The standard InChI is InChI=1S/C21H26N6O2S/c1-5-26-13-18(19(25-26)20(28)29-14(2)3)24-21(30)23-17-10-22-27(12-17)11-16-8-6-15(4)7-9-16/h6-10,12-14H,5,11H2,1-4H3,(H2,23,24,30). The van der Waals surface area contributed by atoms with Gasteiger partial charge in [0.05, 0.1) is 30.2 Å². The van der Waals surface area contributed by atoms with Gasteiger partial charge in [0, 0.05) is 18.9 Å². The Bertz CT molecular complexity index is 1020. The molecule has 0 fully saturated rings. The summed E-state index contributed by atoms with van der Waals surface area (Å²) in [5, 5.41) is 15.1. The summed E-state index contributed by atoms with van der Waals surface area (Å²) in [5.74, 6) is -0.492. The summed E-state index contributed by atoms with van der Waals surface area (Å²) < 4.78 is 8.75. The average Bonchev–Trinajstić information content (AvgIpc) is 3.29. The van der Waals surface area contributed by atoms with E-state index in [9.17, 15) is 4.79 Å². The van der Waals surface area contributed by atoms with Gasteiger partial charge in [-0.05, 0) is 45.5 Å². The first-order chi connectivity index (χ1) is 14.3. The van der Waals surface area contributed by atoms with Gasteiger partial charge in [0.2, 0.25) is 0 Å². The molecule has 0 unspecified atom stereocenters. The summed E-state index contributed by atoms with van der Waals surface area (Å²) in [6.45, 7) is 8.87. The maximum absolute atomic E-state index is 12.3. The number of esters is 1. The van der Waals surface area contributed by atoms with Crippen molar-refractivity contribution in [1.82, 2.24) is 19.6 Å². The predicted octanol–water partition coefficient (Wildman–Crippen LogP) is 3.83. The molecule has 2 aromatic heterocycles. The number of nitrogens with zero attached hydrogens (tertiary/aromatic N) is 4. The number of hydrogen-bond donors (Lipinski definition) is 2. The number of carbonyl (C=O) groups excluding carboxylic acids is 1. The van der Waals surface area contributed by atoms with Gasteiger partial charge in [-0.25, -0.2) is 4.79 Å². The van der Waals surface area contributed by atoms with Gasteiger partial charge < -0.3 is 15.4 Å². The number of anilines is 2. The number of aromatic nitrogens is 4. The number of rotatable bonds is 7. The van der Waals surface area contributed by atoms with Crippen LogP contribution < -0.4 is 10.6 Å². The van der Waals surface area contributed by atoms with Gasteiger partial charge in [0.15, 0.2) is 10.8 Å². The van der Waals surface area contributed by atoms with Crippen molar-refractivity contribution < 1.29 is 9.53 Å². The Morgan fingerprint density at radius 2 is 1.90 bits per heavy atom. The molecular weight excluding hydrogens is 400 g/mol. The lowest BCUT2D eigenvalue weighted by Crippen LogP contribution is -2.21. The van der Waals surface area contributed by atoms with Crippen LogP contribution in [0.4, 0.5) is 11.4 Å². The SMILES string of the molecule is CCn1cc(NC(=S)Nc2cnn(Cc3ccc(C)cc3)c2)c(C(=O)OC(C)C)n1. The highest BCUT2D eigenvalue weighted by atomic mass is 32.1. The van der Waals surface area contributed by atoms with E-state index in [0.717, 1.165) is 11.3 Å². The van der Waals surface area contributed by atoms with Crippen LogP contribution in [0.1, 0.15) is 42.4 Å². The van der Waals surface area contributed by atoms with E-state index >= 15 is 0 Å². The molecule has 0 bridgehead atoms. The Kier molecular flexibility index (Phi) is 6.83. The normalized spacial score (nSPS) is 10.8. The van der Waals surface area contributed by atoms with E-state index in [0.29, 0.717) is 23.9 Å². The number of thiocarbonyl (C=S) groups is 1. The molecule has 3 rings (SSSR count). The number of ether oxygens (including phenoxy) is 1. The number of benzene rings is 1. The van der Waals surface area contributed by atoms with E-state index < -0.39 is 5.97 Å². The highest BCUT2D eigenvalue weighted by Gasteiger charge is 2.20. The molecule has 1 aromatic carbocycles. The topological polar surface area (TPSA) is 86.0 Å². The van der Waals surface area contributed by atoms with Crippen molar-refractivity contribution >= 4 is 34.7 Å². The van der Waals surface area contributed by atoms with Crippen LogP contribution in [0.2, 0.25) is 0 Å². The summed E-state index contributed by atoms with van der Waals surface area (Å²) in [5.41, 5.74) is 3.82. The van der Waals surface area contributed by atoms with Crippen LogP contribution in [0.5, 0.6) is 0 Å². The van der Waals surface area contributed by atoms with E-state index in [4.69, 9.17) is 17.0 Å². The fraction of sp³-hybridized carbons (Fsp3) is 0.333. The van der Waals surface area contributed by atoms with Gasteiger partial charge in [0.1, 0.15) is 0 Å². The largest absolute Gasteiger partial charge is 0.458 e. The molecule has 0 aliphatic heterocycles. The fourth-order valence-electron chi connectivity index (χ4n) is 2.78. The van der Waals surface area contributed by atoms with Crippen molar-refractivity contribution in [1.29, 1.82) is 0 Å². The van der Waals surface area contributed by atoms with Crippen molar-refractivity contribution in [2.75, 3.05) is 10.6 Å².